The molecule has 27 heavy (non-hydrogen) atoms. The van der Waals surface area contributed by atoms with E-state index in [1.807, 2.05) is 42.9 Å². The summed E-state index contributed by atoms with van der Waals surface area (Å²) in [6, 6.07) is 12.0. The molecule has 0 atom stereocenters. The zero-order valence-electron chi connectivity index (χ0n) is 15.2. The normalized spacial score (nSPS) is 11.0. The molecule has 2 aromatic heterocycles. The SMILES string of the molecule is COc1cc(-c2nc(-c3ccc(F)cc3)nn2C)ccc1-n1cnc(C)c1. The van der Waals surface area contributed by atoms with Crippen molar-refractivity contribution in [3.05, 3.63) is 66.5 Å². The zero-order valence-corrected chi connectivity index (χ0v) is 15.2. The van der Waals surface area contributed by atoms with Crippen LogP contribution in [-0.2, 0) is 7.05 Å². The second kappa shape index (κ2) is 6.68. The van der Waals surface area contributed by atoms with Crippen LogP contribution < -0.4 is 4.74 Å². The van der Waals surface area contributed by atoms with E-state index >= 15 is 0 Å². The van der Waals surface area contributed by atoms with Crippen molar-refractivity contribution in [2.75, 3.05) is 7.11 Å². The molecule has 6 nitrogen and oxygen atoms in total. The number of methoxy groups -OCH3 is 1. The highest BCUT2D eigenvalue weighted by Gasteiger charge is 2.14. The molecule has 0 amide bonds. The van der Waals surface area contributed by atoms with Crippen LogP contribution in [0.4, 0.5) is 4.39 Å². The number of halogens is 1. The van der Waals surface area contributed by atoms with Gasteiger partial charge in [0.1, 0.15) is 11.6 Å². The van der Waals surface area contributed by atoms with E-state index in [0.29, 0.717) is 17.4 Å². The molecule has 0 saturated heterocycles. The predicted octanol–water partition coefficient (Wildman–Crippen LogP) is 3.79. The molecule has 0 aliphatic heterocycles. The van der Waals surface area contributed by atoms with Gasteiger partial charge in [-0.3, -0.25) is 0 Å². The average molecular weight is 363 g/mol. The molecule has 0 bridgehead atoms. The summed E-state index contributed by atoms with van der Waals surface area (Å²) < 4.78 is 22.3. The van der Waals surface area contributed by atoms with Gasteiger partial charge in [-0.15, -0.1) is 0 Å². The minimum absolute atomic E-state index is 0.287. The summed E-state index contributed by atoms with van der Waals surface area (Å²) in [7, 11) is 3.46. The molecule has 0 spiro atoms. The Hall–Kier alpha value is -3.48. The predicted molar refractivity (Wildman–Crippen MR) is 100 cm³/mol. The monoisotopic (exact) mass is 363 g/mol. The Morgan fingerprint density at radius 1 is 1.04 bits per heavy atom. The fraction of sp³-hybridized carbons (Fsp3) is 0.150. The second-order valence-electron chi connectivity index (χ2n) is 6.20. The lowest BCUT2D eigenvalue weighted by Gasteiger charge is -2.11. The van der Waals surface area contributed by atoms with Gasteiger partial charge in [0.25, 0.3) is 0 Å². The summed E-state index contributed by atoms with van der Waals surface area (Å²) in [5.74, 6) is 1.66. The van der Waals surface area contributed by atoms with Crippen molar-refractivity contribution in [3.8, 4) is 34.2 Å². The second-order valence-corrected chi connectivity index (χ2v) is 6.20. The number of ether oxygens (including phenoxy) is 1. The van der Waals surface area contributed by atoms with E-state index in [9.17, 15) is 4.39 Å². The summed E-state index contributed by atoms with van der Waals surface area (Å²) in [6.45, 7) is 1.94. The van der Waals surface area contributed by atoms with E-state index in [4.69, 9.17) is 4.74 Å². The number of aromatic nitrogens is 5. The number of aryl methyl sites for hydroxylation is 2. The summed E-state index contributed by atoms with van der Waals surface area (Å²) in [6.07, 6.45) is 3.69. The van der Waals surface area contributed by atoms with Crippen LogP contribution in [0.1, 0.15) is 5.69 Å². The Bertz CT molecular complexity index is 1100. The molecule has 136 valence electrons. The third-order valence-corrected chi connectivity index (χ3v) is 4.29. The third kappa shape index (κ3) is 3.19. The van der Waals surface area contributed by atoms with Crippen molar-refractivity contribution in [1.29, 1.82) is 0 Å². The minimum Gasteiger partial charge on any atom is -0.495 e. The van der Waals surface area contributed by atoms with E-state index in [0.717, 1.165) is 22.5 Å². The molecule has 2 heterocycles. The minimum atomic E-state index is -0.287. The van der Waals surface area contributed by atoms with Crippen molar-refractivity contribution < 1.29 is 9.13 Å². The van der Waals surface area contributed by atoms with Crippen LogP contribution >= 0.6 is 0 Å². The molecule has 0 radical (unpaired) electrons. The van der Waals surface area contributed by atoms with E-state index in [-0.39, 0.29) is 5.82 Å². The van der Waals surface area contributed by atoms with Crippen LogP contribution in [0.5, 0.6) is 5.75 Å². The van der Waals surface area contributed by atoms with Gasteiger partial charge in [-0.25, -0.2) is 19.0 Å². The standard InChI is InChI=1S/C20H18FN5O/c1-13-11-26(12-22-13)17-9-6-15(10-18(17)27-3)20-23-19(24-25(20)2)14-4-7-16(21)8-5-14/h4-12H,1-3H3. The van der Waals surface area contributed by atoms with Gasteiger partial charge in [0.15, 0.2) is 11.6 Å². The summed E-state index contributed by atoms with van der Waals surface area (Å²) in [5.41, 5.74) is 3.45. The van der Waals surface area contributed by atoms with Crippen LogP contribution in [0.25, 0.3) is 28.5 Å². The number of benzene rings is 2. The lowest BCUT2D eigenvalue weighted by Crippen LogP contribution is -1.98. The lowest BCUT2D eigenvalue weighted by molar-refractivity contribution is 0.413. The smallest absolute Gasteiger partial charge is 0.181 e. The summed E-state index contributed by atoms with van der Waals surface area (Å²) in [5, 5.41) is 4.45. The summed E-state index contributed by atoms with van der Waals surface area (Å²) >= 11 is 0. The Kier molecular flexibility index (Phi) is 4.19. The van der Waals surface area contributed by atoms with Crippen molar-refractivity contribution in [2.24, 2.45) is 7.05 Å². The van der Waals surface area contributed by atoms with Crippen LogP contribution in [0.2, 0.25) is 0 Å². The molecule has 0 unspecified atom stereocenters. The van der Waals surface area contributed by atoms with Gasteiger partial charge < -0.3 is 9.30 Å². The average Bonchev–Trinajstić information content (AvgIpc) is 3.27. The zero-order chi connectivity index (χ0) is 19.0. The van der Waals surface area contributed by atoms with Gasteiger partial charge in [0.2, 0.25) is 0 Å². The molecule has 0 saturated carbocycles. The number of hydrogen-bond donors (Lipinski definition) is 0. The molecule has 0 fully saturated rings. The highest BCUT2D eigenvalue weighted by Crippen LogP contribution is 2.30. The van der Waals surface area contributed by atoms with Gasteiger partial charge >= 0.3 is 0 Å². The highest BCUT2D eigenvalue weighted by atomic mass is 19.1. The van der Waals surface area contributed by atoms with Gasteiger partial charge in [0.05, 0.1) is 24.8 Å². The third-order valence-electron chi connectivity index (χ3n) is 4.29. The van der Waals surface area contributed by atoms with Crippen LogP contribution in [0.15, 0.2) is 55.0 Å². The first-order valence-corrected chi connectivity index (χ1v) is 8.41. The maximum atomic E-state index is 13.1. The maximum Gasteiger partial charge on any atom is 0.181 e. The quantitative estimate of drug-likeness (QED) is 0.553. The Morgan fingerprint density at radius 3 is 2.44 bits per heavy atom. The first-order valence-electron chi connectivity index (χ1n) is 8.41. The molecule has 4 rings (SSSR count). The van der Waals surface area contributed by atoms with Crippen molar-refractivity contribution in [3.63, 3.8) is 0 Å². The maximum absolute atomic E-state index is 13.1. The first kappa shape index (κ1) is 17.0. The Balaban J connectivity index is 1.74. The number of nitrogens with zero attached hydrogens (tertiary/aromatic N) is 5. The van der Waals surface area contributed by atoms with Crippen molar-refractivity contribution >= 4 is 0 Å². The molecule has 2 aromatic carbocycles. The first-order chi connectivity index (χ1) is 13.0. The topological polar surface area (TPSA) is 57.8 Å². The number of rotatable bonds is 4. The molecule has 0 aliphatic rings. The molecular weight excluding hydrogens is 345 g/mol. The number of imidazole rings is 1. The van der Waals surface area contributed by atoms with E-state index < -0.39 is 0 Å². The fourth-order valence-corrected chi connectivity index (χ4v) is 2.94. The molecule has 4 aromatic rings. The lowest BCUT2D eigenvalue weighted by atomic mass is 10.1. The van der Waals surface area contributed by atoms with E-state index in [1.54, 1.807) is 30.3 Å². The Labute approximate surface area is 155 Å². The van der Waals surface area contributed by atoms with Crippen LogP contribution in [0, 0.1) is 12.7 Å². The van der Waals surface area contributed by atoms with Gasteiger partial charge in [-0.1, -0.05) is 0 Å². The summed E-state index contributed by atoms with van der Waals surface area (Å²) in [4.78, 5) is 8.88. The van der Waals surface area contributed by atoms with Crippen LogP contribution in [-0.4, -0.2) is 31.4 Å². The van der Waals surface area contributed by atoms with Gasteiger partial charge in [-0.2, -0.15) is 5.10 Å². The van der Waals surface area contributed by atoms with E-state index in [2.05, 4.69) is 15.1 Å². The molecule has 0 aliphatic carbocycles. The van der Waals surface area contributed by atoms with E-state index in [1.165, 1.54) is 12.1 Å². The molecular formula is C20H18FN5O. The molecule has 0 N–H and O–H groups in total. The Morgan fingerprint density at radius 2 is 1.78 bits per heavy atom. The molecule has 7 heteroatoms. The van der Waals surface area contributed by atoms with Crippen molar-refractivity contribution in [1.82, 2.24) is 24.3 Å². The van der Waals surface area contributed by atoms with Gasteiger partial charge in [-0.05, 0) is 49.4 Å². The fourth-order valence-electron chi connectivity index (χ4n) is 2.94. The van der Waals surface area contributed by atoms with Crippen LogP contribution in [0.3, 0.4) is 0 Å². The number of hydrogen-bond acceptors (Lipinski definition) is 4. The highest BCUT2D eigenvalue weighted by molar-refractivity contribution is 5.66. The van der Waals surface area contributed by atoms with Crippen molar-refractivity contribution in [2.45, 2.75) is 6.92 Å². The largest absolute Gasteiger partial charge is 0.495 e. The van der Waals surface area contributed by atoms with Gasteiger partial charge in [0, 0.05) is 24.4 Å².